The van der Waals surface area contributed by atoms with Crippen molar-refractivity contribution in [1.29, 1.82) is 0 Å². The fraction of sp³-hybridized carbons (Fsp3) is 0.190. The van der Waals surface area contributed by atoms with Crippen LogP contribution in [0.25, 0.3) is 0 Å². The summed E-state index contributed by atoms with van der Waals surface area (Å²) < 4.78 is 27.4. The SMILES string of the molecule is CCCSc1ccccc1C(=O)Nc1ccc(S(=O)(=O)Nc2nccc(C)n2)cc1. The van der Waals surface area contributed by atoms with E-state index in [2.05, 4.69) is 26.9 Å². The number of sulfonamides is 1. The Bertz CT molecular complexity index is 1130. The second kappa shape index (κ2) is 9.73. The quantitative estimate of drug-likeness (QED) is 0.503. The summed E-state index contributed by atoms with van der Waals surface area (Å²) in [5, 5.41) is 2.82. The fourth-order valence-electron chi connectivity index (χ4n) is 2.59. The van der Waals surface area contributed by atoms with Crippen LogP contribution in [0.5, 0.6) is 0 Å². The lowest BCUT2D eigenvalue weighted by molar-refractivity contribution is 0.102. The molecule has 0 aliphatic heterocycles. The molecule has 2 N–H and O–H groups in total. The van der Waals surface area contributed by atoms with Crippen LogP contribution in [0.4, 0.5) is 11.6 Å². The van der Waals surface area contributed by atoms with Gasteiger partial charge in [0.15, 0.2) is 0 Å². The Morgan fingerprint density at radius 1 is 1.07 bits per heavy atom. The summed E-state index contributed by atoms with van der Waals surface area (Å²) in [6.07, 6.45) is 2.49. The van der Waals surface area contributed by atoms with Crippen LogP contribution in [-0.2, 0) is 10.0 Å². The Balaban J connectivity index is 1.72. The number of anilines is 2. The molecule has 0 fully saturated rings. The predicted molar refractivity (Wildman–Crippen MR) is 119 cm³/mol. The number of nitrogens with one attached hydrogen (secondary N) is 2. The van der Waals surface area contributed by atoms with Crippen LogP contribution in [0, 0.1) is 6.92 Å². The number of carbonyl (C=O) groups is 1. The number of nitrogens with zero attached hydrogens (tertiary/aromatic N) is 2. The molecule has 0 aliphatic rings. The van der Waals surface area contributed by atoms with E-state index in [9.17, 15) is 13.2 Å². The third-order valence-electron chi connectivity index (χ3n) is 4.04. The van der Waals surface area contributed by atoms with Crippen molar-refractivity contribution in [3.05, 3.63) is 72.1 Å². The standard InChI is InChI=1S/C21H22N4O3S2/c1-3-14-29-19-7-5-4-6-18(19)20(26)24-16-8-10-17(11-9-16)30(27,28)25-21-22-13-12-15(2)23-21/h4-13H,3,14H2,1-2H3,(H,24,26)(H,22,23,25). The average Bonchev–Trinajstić information content (AvgIpc) is 2.72. The van der Waals surface area contributed by atoms with E-state index in [1.165, 1.54) is 18.3 Å². The number of hydrogen-bond acceptors (Lipinski definition) is 6. The summed E-state index contributed by atoms with van der Waals surface area (Å²) in [6, 6.07) is 15.0. The van der Waals surface area contributed by atoms with Crippen LogP contribution in [0.15, 0.2) is 70.6 Å². The van der Waals surface area contributed by atoms with E-state index >= 15 is 0 Å². The van der Waals surface area contributed by atoms with Crippen LogP contribution in [0.3, 0.4) is 0 Å². The smallest absolute Gasteiger partial charge is 0.264 e. The minimum atomic E-state index is -3.84. The second-order valence-corrected chi connectivity index (χ2v) is 9.27. The molecule has 0 aliphatic carbocycles. The third kappa shape index (κ3) is 5.58. The minimum Gasteiger partial charge on any atom is -0.322 e. The highest BCUT2D eigenvalue weighted by atomic mass is 32.2. The molecule has 9 heteroatoms. The van der Waals surface area contributed by atoms with Crippen molar-refractivity contribution in [2.75, 3.05) is 15.8 Å². The maximum Gasteiger partial charge on any atom is 0.264 e. The van der Waals surface area contributed by atoms with Gasteiger partial charge >= 0.3 is 0 Å². The summed E-state index contributed by atoms with van der Waals surface area (Å²) in [7, 11) is -3.84. The Hall–Kier alpha value is -2.91. The molecule has 3 rings (SSSR count). The molecule has 2 aromatic carbocycles. The van der Waals surface area contributed by atoms with Gasteiger partial charge in [0.1, 0.15) is 0 Å². The number of carbonyl (C=O) groups excluding carboxylic acids is 1. The lowest BCUT2D eigenvalue weighted by Gasteiger charge is -2.11. The number of benzene rings is 2. The van der Waals surface area contributed by atoms with Gasteiger partial charge in [0, 0.05) is 22.5 Å². The van der Waals surface area contributed by atoms with Gasteiger partial charge in [-0.05, 0) is 61.6 Å². The van der Waals surface area contributed by atoms with Gasteiger partial charge in [-0.15, -0.1) is 11.8 Å². The van der Waals surface area contributed by atoms with Crippen molar-refractivity contribution in [3.8, 4) is 0 Å². The lowest BCUT2D eigenvalue weighted by atomic mass is 10.2. The molecule has 156 valence electrons. The zero-order chi connectivity index (χ0) is 21.6. The van der Waals surface area contributed by atoms with Crippen LogP contribution in [-0.4, -0.2) is 30.0 Å². The first-order chi connectivity index (χ1) is 14.4. The number of amides is 1. The fourth-order valence-corrected chi connectivity index (χ4v) is 4.45. The van der Waals surface area contributed by atoms with E-state index in [-0.39, 0.29) is 16.8 Å². The van der Waals surface area contributed by atoms with Crippen molar-refractivity contribution in [2.45, 2.75) is 30.1 Å². The van der Waals surface area contributed by atoms with Crippen molar-refractivity contribution in [2.24, 2.45) is 0 Å². The number of rotatable bonds is 8. The highest BCUT2D eigenvalue weighted by molar-refractivity contribution is 7.99. The Morgan fingerprint density at radius 2 is 1.80 bits per heavy atom. The van der Waals surface area contributed by atoms with Gasteiger partial charge in [-0.1, -0.05) is 19.1 Å². The molecule has 1 aromatic heterocycles. The summed E-state index contributed by atoms with van der Waals surface area (Å²) in [5.74, 6) is 0.693. The normalized spacial score (nSPS) is 11.1. The molecule has 1 heterocycles. The first-order valence-electron chi connectivity index (χ1n) is 9.35. The molecular weight excluding hydrogens is 420 g/mol. The lowest BCUT2D eigenvalue weighted by Crippen LogP contribution is -2.16. The monoisotopic (exact) mass is 442 g/mol. The molecular formula is C21H22N4O3S2. The van der Waals surface area contributed by atoms with Crippen LogP contribution in [0.2, 0.25) is 0 Å². The molecule has 3 aromatic rings. The first-order valence-corrected chi connectivity index (χ1v) is 11.8. The molecule has 1 amide bonds. The van der Waals surface area contributed by atoms with Gasteiger partial charge in [-0.2, -0.15) is 0 Å². The van der Waals surface area contributed by atoms with Gasteiger partial charge in [-0.3, -0.25) is 4.79 Å². The Kier molecular flexibility index (Phi) is 7.07. The number of hydrogen-bond donors (Lipinski definition) is 2. The molecule has 0 bridgehead atoms. The molecule has 0 saturated heterocycles. The van der Waals surface area contributed by atoms with Gasteiger partial charge in [0.05, 0.1) is 10.5 Å². The Labute approximate surface area is 180 Å². The van der Waals surface area contributed by atoms with Crippen LogP contribution >= 0.6 is 11.8 Å². The first kappa shape index (κ1) is 21.8. The summed E-state index contributed by atoms with van der Waals surface area (Å²) in [6.45, 7) is 3.83. The predicted octanol–water partition coefficient (Wildman–Crippen LogP) is 4.34. The molecule has 0 radical (unpaired) electrons. The maximum absolute atomic E-state index is 12.7. The third-order valence-corrected chi connectivity index (χ3v) is 6.66. The molecule has 30 heavy (non-hydrogen) atoms. The van der Waals surface area contributed by atoms with E-state index in [0.717, 1.165) is 17.1 Å². The largest absolute Gasteiger partial charge is 0.322 e. The summed E-state index contributed by atoms with van der Waals surface area (Å²) in [5.41, 5.74) is 1.74. The van der Waals surface area contributed by atoms with Gasteiger partial charge < -0.3 is 5.32 Å². The van der Waals surface area contributed by atoms with E-state index in [1.807, 2.05) is 18.2 Å². The molecule has 0 saturated carbocycles. The number of thioether (sulfide) groups is 1. The summed E-state index contributed by atoms with van der Waals surface area (Å²) >= 11 is 1.63. The van der Waals surface area contributed by atoms with Crippen molar-refractivity contribution in [1.82, 2.24) is 9.97 Å². The molecule has 0 unspecified atom stereocenters. The zero-order valence-corrected chi connectivity index (χ0v) is 18.3. The van der Waals surface area contributed by atoms with Gasteiger partial charge in [-0.25, -0.2) is 23.1 Å². The van der Waals surface area contributed by atoms with E-state index in [1.54, 1.807) is 43.0 Å². The molecule has 0 spiro atoms. The second-order valence-electron chi connectivity index (χ2n) is 6.45. The van der Waals surface area contributed by atoms with Crippen LogP contribution in [0.1, 0.15) is 29.4 Å². The highest BCUT2D eigenvalue weighted by Crippen LogP contribution is 2.24. The number of aryl methyl sites for hydroxylation is 1. The van der Waals surface area contributed by atoms with Crippen molar-refractivity contribution < 1.29 is 13.2 Å². The van der Waals surface area contributed by atoms with E-state index in [4.69, 9.17) is 0 Å². The van der Waals surface area contributed by atoms with Crippen molar-refractivity contribution >= 4 is 39.3 Å². The minimum absolute atomic E-state index is 0.00793. The Morgan fingerprint density at radius 3 is 2.50 bits per heavy atom. The zero-order valence-electron chi connectivity index (χ0n) is 16.6. The highest BCUT2D eigenvalue weighted by Gasteiger charge is 2.16. The van der Waals surface area contributed by atoms with E-state index < -0.39 is 10.0 Å². The summed E-state index contributed by atoms with van der Waals surface area (Å²) in [4.78, 5) is 21.6. The average molecular weight is 443 g/mol. The molecule has 7 nitrogen and oxygen atoms in total. The maximum atomic E-state index is 12.7. The molecule has 0 atom stereocenters. The van der Waals surface area contributed by atoms with Gasteiger partial charge in [0.2, 0.25) is 5.95 Å². The number of aromatic nitrogens is 2. The van der Waals surface area contributed by atoms with Crippen molar-refractivity contribution in [3.63, 3.8) is 0 Å². The van der Waals surface area contributed by atoms with E-state index in [0.29, 0.717) is 16.9 Å². The van der Waals surface area contributed by atoms with Crippen LogP contribution < -0.4 is 10.0 Å². The van der Waals surface area contributed by atoms with Gasteiger partial charge in [0.25, 0.3) is 15.9 Å². The topological polar surface area (TPSA) is 101 Å².